The molecule has 19 heavy (non-hydrogen) atoms. The minimum atomic E-state index is -0.510. The second-order valence-electron chi connectivity index (χ2n) is 4.75. The van der Waals surface area contributed by atoms with E-state index >= 15 is 0 Å². The molecule has 0 aliphatic heterocycles. The maximum atomic E-state index is 11.9. The fourth-order valence-corrected chi connectivity index (χ4v) is 1.90. The predicted octanol–water partition coefficient (Wildman–Crippen LogP) is 1.79. The lowest BCUT2D eigenvalue weighted by Crippen LogP contribution is -2.48. The summed E-state index contributed by atoms with van der Waals surface area (Å²) in [6.07, 6.45) is 1.19. The average Bonchev–Trinajstić information content (AvgIpc) is 2.44. The number of carbonyl (C=O) groups excluding carboxylic acids is 1. The minimum Gasteiger partial charge on any atom is -0.382 e. The third-order valence-electron chi connectivity index (χ3n) is 3.13. The lowest BCUT2D eigenvalue weighted by Gasteiger charge is -2.30. The van der Waals surface area contributed by atoms with Gasteiger partial charge in [-0.1, -0.05) is 30.3 Å². The lowest BCUT2D eigenvalue weighted by atomic mass is 9.92. The lowest BCUT2D eigenvalue weighted by molar-refractivity contribution is -0.123. The van der Waals surface area contributed by atoms with E-state index in [4.69, 9.17) is 10.5 Å². The van der Waals surface area contributed by atoms with Crippen LogP contribution in [0.3, 0.4) is 0 Å². The van der Waals surface area contributed by atoms with Crippen LogP contribution in [-0.4, -0.2) is 25.7 Å². The van der Waals surface area contributed by atoms with Crippen molar-refractivity contribution < 1.29 is 9.53 Å². The molecule has 0 spiro atoms. The number of rotatable bonds is 8. The second-order valence-corrected chi connectivity index (χ2v) is 4.75. The Morgan fingerprint density at radius 3 is 2.63 bits per heavy atom. The summed E-state index contributed by atoms with van der Waals surface area (Å²) in [5.74, 6) is 0.0107. The van der Waals surface area contributed by atoms with Crippen molar-refractivity contribution in [3.8, 4) is 0 Å². The van der Waals surface area contributed by atoms with E-state index < -0.39 is 5.54 Å². The van der Waals surface area contributed by atoms with Crippen molar-refractivity contribution >= 4 is 5.91 Å². The van der Waals surface area contributed by atoms with Gasteiger partial charge in [0.05, 0.1) is 5.54 Å². The first-order valence-electron chi connectivity index (χ1n) is 6.76. The Morgan fingerprint density at radius 1 is 1.37 bits per heavy atom. The molecule has 0 saturated carbocycles. The van der Waals surface area contributed by atoms with E-state index in [0.29, 0.717) is 26.2 Å². The van der Waals surface area contributed by atoms with Crippen LogP contribution in [0.5, 0.6) is 0 Å². The monoisotopic (exact) mass is 264 g/mol. The Labute approximate surface area is 115 Å². The Balaban J connectivity index is 2.54. The van der Waals surface area contributed by atoms with Crippen LogP contribution in [0.1, 0.15) is 32.3 Å². The Hall–Kier alpha value is -1.39. The van der Waals surface area contributed by atoms with Crippen molar-refractivity contribution in [1.29, 1.82) is 0 Å². The molecular formula is C15H24N2O2. The number of nitrogens with one attached hydrogen (secondary N) is 1. The van der Waals surface area contributed by atoms with Crippen molar-refractivity contribution in [2.24, 2.45) is 5.73 Å². The van der Waals surface area contributed by atoms with Crippen LogP contribution in [0.25, 0.3) is 0 Å². The summed E-state index contributed by atoms with van der Waals surface area (Å²) < 4.78 is 5.22. The van der Waals surface area contributed by atoms with E-state index in [2.05, 4.69) is 5.32 Å². The van der Waals surface area contributed by atoms with Gasteiger partial charge in [-0.25, -0.2) is 0 Å². The number of nitrogens with two attached hydrogens (primary N) is 1. The third-order valence-corrected chi connectivity index (χ3v) is 3.13. The number of benzene rings is 1. The smallest absolute Gasteiger partial charge is 0.220 e. The van der Waals surface area contributed by atoms with Gasteiger partial charge in [0.25, 0.3) is 0 Å². The van der Waals surface area contributed by atoms with Gasteiger partial charge in [-0.2, -0.15) is 0 Å². The largest absolute Gasteiger partial charge is 0.382 e. The molecule has 0 aliphatic carbocycles. The SMILES string of the molecule is CCOCCCC(=O)NC(C)(CN)c1ccccc1. The van der Waals surface area contributed by atoms with Crippen molar-refractivity contribution in [1.82, 2.24) is 5.32 Å². The van der Waals surface area contributed by atoms with E-state index in [1.54, 1.807) is 0 Å². The van der Waals surface area contributed by atoms with Gasteiger partial charge in [-0.15, -0.1) is 0 Å². The molecule has 1 unspecified atom stereocenters. The molecule has 0 saturated heterocycles. The van der Waals surface area contributed by atoms with Gasteiger partial charge in [0, 0.05) is 26.2 Å². The zero-order chi connectivity index (χ0) is 14.1. The minimum absolute atomic E-state index is 0.0107. The second kappa shape index (κ2) is 7.92. The molecule has 0 aliphatic rings. The zero-order valence-electron chi connectivity index (χ0n) is 11.8. The highest BCUT2D eigenvalue weighted by Crippen LogP contribution is 2.19. The Kier molecular flexibility index (Phi) is 6.53. The normalized spacial score (nSPS) is 13.8. The first-order valence-corrected chi connectivity index (χ1v) is 6.76. The molecule has 1 rings (SSSR count). The summed E-state index contributed by atoms with van der Waals surface area (Å²) in [4.78, 5) is 11.9. The molecular weight excluding hydrogens is 240 g/mol. The van der Waals surface area contributed by atoms with Crippen LogP contribution in [-0.2, 0) is 15.1 Å². The fourth-order valence-electron chi connectivity index (χ4n) is 1.90. The molecule has 1 atom stereocenters. The number of carbonyl (C=O) groups is 1. The highest BCUT2D eigenvalue weighted by Gasteiger charge is 2.26. The topological polar surface area (TPSA) is 64.3 Å². The van der Waals surface area contributed by atoms with Crippen LogP contribution in [0, 0.1) is 0 Å². The van der Waals surface area contributed by atoms with E-state index in [1.807, 2.05) is 44.2 Å². The Morgan fingerprint density at radius 2 is 2.05 bits per heavy atom. The molecule has 1 aromatic carbocycles. The number of hydrogen-bond acceptors (Lipinski definition) is 3. The molecule has 0 fully saturated rings. The first-order chi connectivity index (χ1) is 9.12. The van der Waals surface area contributed by atoms with Crippen LogP contribution >= 0.6 is 0 Å². The maximum absolute atomic E-state index is 11.9. The van der Waals surface area contributed by atoms with E-state index in [1.165, 1.54) is 0 Å². The first kappa shape index (κ1) is 15.7. The summed E-state index contributed by atoms with van der Waals surface area (Å²) >= 11 is 0. The Bertz CT molecular complexity index is 381. The standard InChI is InChI=1S/C15H24N2O2/c1-3-19-11-7-10-14(18)17-15(2,12-16)13-8-5-4-6-9-13/h4-6,8-9H,3,7,10-12,16H2,1-2H3,(H,17,18). The zero-order valence-corrected chi connectivity index (χ0v) is 11.8. The third kappa shape index (κ3) is 5.01. The highest BCUT2D eigenvalue weighted by atomic mass is 16.5. The van der Waals surface area contributed by atoms with E-state index in [0.717, 1.165) is 12.0 Å². The summed E-state index contributed by atoms with van der Waals surface area (Å²) in [5, 5.41) is 3.02. The van der Waals surface area contributed by atoms with Crippen LogP contribution < -0.4 is 11.1 Å². The molecule has 4 heteroatoms. The molecule has 0 heterocycles. The molecule has 0 aromatic heterocycles. The molecule has 0 bridgehead atoms. The molecule has 1 amide bonds. The summed E-state index contributed by atoms with van der Waals surface area (Å²) in [6, 6.07) is 9.81. The van der Waals surface area contributed by atoms with Gasteiger partial charge in [-0.05, 0) is 25.8 Å². The average molecular weight is 264 g/mol. The van der Waals surface area contributed by atoms with Crippen molar-refractivity contribution in [2.75, 3.05) is 19.8 Å². The van der Waals surface area contributed by atoms with Gasteiger partial charge in [0.1, 0.15) is 0 Å². The highest BCUT2D eigenvalue weighted by molar-refractivity contribution is 5.77. The molecule has 106 valence electrons. The van der Waals surface area contributed by atoms with Gasteiger partial charge >= 0.3 is 0 Å². The number of hydrogen-bond donors (Lipinski definition) is 2. The maximum Gasteiger partial charge on any atom is 0.220 e. The molecule has 0 radical (unpaired) electrons. The van der Waals surface area contributed by atoms with Crippen LogP contribution in [0.4, 0.5) is 0 Å². The van der Waals surface area contributed by atoms with Crippen LogP contribution in [0.2, 0.25) is 0 Å². The van der Waals surface area contributed by atoms with E-state index in [-0.39, 0.29) is 5.91 Å². The van der Waals surface area contributed by atoms with Gasteiger partial charge < -0.3 is 15.8 Å². The molecule has 1 aromatic rings. The van der Waals surface area contributed by atoms with E-state index in [9.17, 15) is 4.79 Å². The summed E-state index contributed by atoms with van der Waals surface area (Å²) in [6.45, 7) is 5.57. The van der Waals surface area contributed by atoms with Gasteiger partial charge in [0.2, 0.25) is 5.91 Å². The quantitative estimate of drug-likeness (QED) is 0.704. The number of amides is 1. The van der Waals surface area contributed by atoms with Crippen molar-refractivity contribution in [3.05, 3.63) is 35.9 Å². The van der Waals surface area contributed by atoms with Crippen LogP contribution in [0.15, 0.2) is 30.3 Å². The van der Waals surface area contributed by atoms with Crippen molar-refractivity contribution in [3.63, 3.8) is 0 Å². The number of ether oxygens (including phenoxy) is 1. The summed E-state index contributed by atoms with van der Waals surface area (Å²) in [5.41, 5.74) is 6.34. The van der Waals surface area contributed by atoms with Gasteiger partial charge in [-0.3, -0.25) is 4.79 Å². The van der Waals surface area contributed by atoms with Crippen molar-refractivity contribution in [2.45, 2.75) is 32.2 Å². The predicted molar refractivity (Wildman–Crippen MR) is 76.7 cm³/mol. The molecule has 4 nitrogen and oxygen atoms in total. The summed E-state index contributed by atoms with van der Waals surface area (Å²) in [7, 11) is 0. The fraction of sp³-hybridized carbons (Fsp3) is 0.533. The molecule has 3 N–H and O–H groups in total. The van der Waals surface area contributed by atoms with Gasteiger partial charge in [0.15, 0.2) is 0 Å².